The molecule has 0 unspecified atom stereocenters. The number of hydrogen-bond acceptors (Lipinski definition) is 3. The molecule has 7 heteroatoms. The number of carbonyl (C=O) groups is 1. The maximum atomic E-state index is 13.1. The molecule has 0 spiro atoms. The Bertz CT molecular complexity index is 798. The van der Waals surface area contributed by atoms with Gasteiger partial charge in [-0.05, 0) is 24.3 Å². The molecule has 21 heavy (non-hydrogen) atoms. The van der Waals surface area contributed by atoms with Crippen LogP contribution in [0.2, 0.25) is 0 Å². The van der Waals surface area contributed by atoms with Crippen molar-refractivity contribution in [3.05, 3.63) is 60.2 Å². The standard InChI is InChI=1S/C14H10F2N4O/c15-9-1-3-12(17-6-9)19-14(21)5-11-8-20-7-10(16)2-4-13(20)18-11/h1-4,6-8H,5H2,(H,17,19,21). The molecule has 106 valence electrons. The van der Waals surface area contributed by atoms with Gasteiger partial charge in [-0.1, -0.05) is 0 Å². The molecule has 1 amide bonds. The first-order valence-corrected chi connectivity index (χ1v) is 6.15. The van der Waals surface area contributed by atoms with Gasteiger partial charge in [-0.3, -0.25) is 4.79 Å². The Morgan fingerprint density at radius 2 is 1.95 bits per heavy atom. The van der Waals surface area contributed by atoms with E-state index in [1.165, 1.54) is 34.9 Å². The van der Waals surface area contributed by atoms with Gasteiger partial charge < -0.3 is 9.72 Å². The van der Waals surface area contributed by atoms with Gasteiger partial charge in [0.25, 0.3) is 0 Å². The van der Waals surface area contributed by atoms with E-state index in [0.29, 0.717) is 11.3 Å². The fourth-order valence-electron chi connectivity index (χ4n) is 1.90. The quantitative estimate of drug-likeness (QED) is 0.803. The molecule has 3 rings (SSSR count). The molecule has 0 bridgehead atoms. The van der Waals surface area contributed by atoms with E-state index in [-0.39, 0.29) is 24.0 Å². The third kappa shape index (κ3) is 3.02. The van der Waals surface area contributed by atoms with Crippen molar-refractivity contribution in [3.63, 3.8) is 0 Å². The number of anilines is 1. The summed E-state index contributed by atoms with van der Waals surface area (Å²) in [6.45, 7) is 0. The second-order valence-corrected chi connectivity index (χ2v) is 4.43. The van der Waals surface area contributed by atoms with Crippen molar-refractivity contribution in [3.8, 4) is 0 Å². The number of aromatic nitrogens is 3. The van der Waals surface area contributed by atoms with Crippen LogP contribution in [0.5, 0.6) is 0 Å². The normalized spacial score (nSPS) is 10.8. The molecule has 0 saturated carbocycles. The van der Waals surface area contributed by atoms with E-state index in [0.717, 1.165) is 6.20 Å². The Morgan fingerprint density at radius 3 is 2.71 bits per heavy atom. The molecule has 0 aliphatic carbocycles. The molecule has 0 aliphatic rings. The number of nitrogens with zero attached hydrogens (tertiary/aromatic N) is 3. The highest BCUT2D eigenvalue weighted by atomic mass is 19.1. The lowest BCUT2D eigenvalue weighted by Crippen LogP contribution is -2.15. The summed E-state index contributed by atoms with van der Waals surface area (Å²) in [6, 6.07) is 5.40. The third-order valence-electron chi connectivity index (χ3n) is 2.80. The number of rotatable bonds is 3. The Kier molecular flexibility index (Phi) is 3.31. The lowest BCUT2D eigenvalue weighted by molar-refractivity contribution is -0.115. The lowest BCUT2D eigenvalue weighted by atomic mass is 10.3. The minimum atomic E-state index is -0.477. The first kappa shape index (κ1) is 13.2. The number of halogens is 2. The highest BCUT2D eigenvalue weighted by Crippen LogP contribution is 2.09. The topological polar surface area (TPSA) is 59.3 Å². The molecule has 3 aromatic heterocycles. The van der Waals surface area contributed by atoms with E-state index in [4.69, 9.17) is 0 Å². The summed E-state index contributed by atoms with van der Waals surface area (Å²) >= 11 is 0. The van der Waals surface area contributed by atoms with Crippen molar-refractivity contribution in [2.45, 2.75) is 6.42 Å². The molecule has 3 aromatic rings. The van der Waals surface area contributed by atoms with E-state index in [1.54, 1.807) is 6.20 Å². The largest absolute Gasteiger partial charge is 0.310 e. The molecule has 0 aliphatic heterocycles. The second kappa shape index (κ2) is 5.28. The molecular weight excluding hydrogens is 278 g/mol. The Labute approximate surface area is 118 Å². The smallest absolute Gasteiger partial charge is 0.231 e. The third-order valence-corrected chi connectivity index (χ3v) is 2.80. The van der Waals surface area contributed by atoms with Crippen LogP contribution in [0.3, 0.4) is 0 Å². The molecule has 0 aromatic carbocycles. The van der Waals surface area contributed by atoms with Gasteiger partial charge in [0, 0.05) is 12.4 Å². The number of hydrogen-bond donors (Lipinski definition) is 1. The summed E-state index contributed by atoms with van der Waals surface area (Å²) in [7, 11) is 0. The summed E-state index contributed by atoms with van der Waals surface area (Å²) < 4.78 is 27.3. The highest BCUT2D eigenvalue weighted by Gasteiger charge is 2.09. The van der Waals surface area contributed by atoms with Crippen molar-refractivity contribution in [2.24, 2.45) is 0 Å². The van der Waals surface area contributed by atoms with Gasteiger partial charge >= 0.3 is 0 Å². The van der Waals surface area contributed by atoms with Crippen LogP contribution >= 0.6 is 0 Å². The molecule has 5 nitrogen and oxygen atoms in total. The van der Waals surface area contributed by atoms with Crippen LogP contribution < -0.4 is 5.32 Å². The number of carbonyl (C=O) groups excluding carboxylic acids is 1. The van der Waals surface area contributed by atoms with Crippen LogP contribution in [0.15, 0.2) is 42.9 Å². The zero-order valence-electron chi connectivity index (χ0n) is 10.8. The molecule has 0 atom stereocenters. The van der Waals surface area contributed by atoms with Crippen molar-refractivity contribution in [1.82, 2.24) is 14.4 Å². The van der Waals surface area contributed by atoms with E-state index < -0.39 is 5.82 Å². The summed E-state index contributed by atoms with van der Waals surface area (Å²) in [4.78, 5) is 19.8. The van der Waals surface area contributed by atoms with Gasteiger partial charge in [-0.2, -0.15) is 0 Å². The average molecular weight is 288 g/mol. The fourth-order valence-corrected chi connectivity index (χ4v) is 1.90. The lowest BCUT2D eigenvalue weighted by Gasteiger charge is -2.02. The number of pyridine rings is 2. The van der Waals surface area contributed by atoms with E-state index in [2.05, 4.69) is 15.3 Å². The predicted molar refractivity (Wildman–Crippen MR) is 71.7 cm³/mol. The van der Waals surface area contributed by atoms with E-state index >= 15 is 0 Å². The molecule has 1 N–H and O–H groups in total. The van der Waals surface area contributed by atoms with Gasteiger partial charge in [-0.25, -0.2) is 18.7 Å². The Morgan fingerprint density at radius 1 is 1.14 bits per heavy atom. The van der Waals surface area contributed by atoms with Crippen LogP contribution in [0, 0.1) is 11.6 Å². The molecular formula is C14H10F2N4O. The van der Waals surface area contributed by atoms with Crippen molar-refractivity contribution < 1.29 is 13.6 Å². The number of imidazole rings is 1. The van der Waals surface area contributed by atoms with Gasteiger partial charge in [0.1, 0.15) is 23.1 Å². The summed E-state index contributed by atoms with van der Waals surface area (Å²) in [5.74, 6) is -0.934. The Hall–Kier alpha value is -2.83. The SMILES string of the molecule is O=C(Cc1cn2cc(F)ccc2n1)Nc1ccc(F)cn1. The van der Waals surface area contributed by atoms with Crippen molar-refractivity contribution in [1.29, 1.82) is 0 Å². The van der Waals surface area contributed by atoms with Crippen LogP contribution in [-0.2, 0) is 11.2 Å². The van der Waals surface area contributed by atoms with Crippen LogP contribution in [0.4, 0.5) is 14.6 Å². The van der Waals surface area contributed by atoms with Gasteiger partial charge in [0.2, 0.25) is 5.91 Å². The minimum absolute atomic E-state index is 0.0162. The second-order valence-electron chi connectivity index (χ2n) is 4.43. The predicted octanol–water partition coefficient (Wildman–Crippen LogP) is 2.19. The van der Waals surface area contributed by atoms with Gasteiger partial charge in [0.05, 0.1) is 18.3 Å². The monoisotopic (exact) mass is 288 g/mol. The maximum Gasteiger partial charge on any atom is 0.231 e. The van der Waals surface area contributed by atoms with Crippen molar-refractivity contribution >= 4 is 17.4 Å². The summed E-state index contributed by atoms with van der Waals surface area (Å²) in [5.41, 5.74) is 1.05. The maximum absolute atomic E-state index is 13.1. The fraction of sp³-hybridized carbons (Fsp3) is 0.0714. The minimum Gasteiger partial charge on any atom is -0.310 e. The molecule has 3 heterocycles. The van der Waals surface area contributed by atoms with Crippen LogP contribution in [0.1, 0.15) is 5.69 Å². The van der Waals surface area contributed by atoms with Crippen molar-refractivity contribution in [2.75, 3.05) is 5.32 Å². The van der Waals surface area contributed by atoms with Gasteiger partial charge in [0.15, 0.2) is 0 Å². The van der Waals surface area contributed by atoms with Crippen LogP contribution in [0.25, 0.3) is 5.65 Å². The highest BCUT2D eigenvalue weighted by molar-refractivity contribution is 5.91. The van der Waals surface area contributed by atoms with Gasteiger partial charge in [-0.15, -0.1) is 0 Å². The van der Waals surface area contributed by atoms with E-state index in [1.807, 2.05) is 0 Å². The Balaban J connectivity index is 1.72. The first-order valence-electron chi connectivity index (χ1n) is 6.15. The summed E-state index contributed by atoms with van der Waals surface area (Å²) in [6.07, 6.45) is 3.90. The zero-order valence-corrected chi connectivity index (χ0v) is 10.8. The number of amides is 1. The van der Waals surface area contributed by atoms with Crippen LogP contribution in [-0.4, -0.2) is 20.3 Å². The number of fused-ring (bicyclic) bond motifs is 1. The van der Waals surface area contributed by atoms with E-state index in [9.17, 15) is 13.6 Å². The first-order chi connectivity index (χ1) is 10.1. The molecule has 0 saturated heterocycles. The molecule has 0 fully saturated rings. The molecule has 0 radical (unpaired) electrons. The summed E-state index contributed by atoms with van der Waals surface area (Å²) in [5, 5.41) is 2.53. The number of nitrogens with one attached hydrogen (secondary N) is 1. The average Bonchev–Trinajstić information content (AvgIpc) is 2.82. The zero-order chi connectivity index (χ0) is 14.8.